The maximum Gasteiger partial charge on any atom is 0.282 e. The minimum absolute atomic E-state index is 0.0498. The number of fused-ring (bicyclic) bond motifs is 1. The zero-order chi connectivity index (χ0) is 18.1. The maximum atomic E-state index is 12.9. The number of imide groups is 1. The first-order valence-electron chi connectivity index (χ1n) is 7.58. The summed E-state index contributed by atoms with van der Waals surface area (Å²) in [6, 6.07) is 9.96. The minimum atomic E-state index is -0.664. The molecule has 0 bridgehead atoms. The molecule has 0 radical (unpaired) electrons. The molecule has 3 rings (SSSR count). The number of rotatable bonds is 5. The van der Waals surface area contributed by atoms with Gasteiger partial charge in [0, 0.05) is 11.6 Å². The van der Waals surface area contributed by atoms with Gasteiger partial charge < -0.3 is 4.90 Å². The summed E-state index contributed by atoms with van der Waals surface area (Å²) in [6.07, 6.45) is 0. The van der Waals surface area contributed by atoms with E-state index in [9.17, 15) is 24.1 Å². The highest BCUT2D eigenvalue weighted by Crippen LogP contribution is 2.29. The Morgan fingerprint density at radius 3 is 2.44 bits per heavy atom. The van der Waals surface area contributed by atoms with Crippen LogP contribution in [0.25, 0.3) is 0 Å². The summed E-state index contributed by atoms with van der Waals surface area (Å²) in [7, 11) is 1.78. The highest BCUT2D eigenvalue weighted by Gasteiger charge is 2.42. The molecule has 1 aliphatic heterocycles. The van der Waals surface area contributed by atoms with Gasteiger partial charge in [0.15, 0.2) is 6.67 Å². The quantitative estimate of drug-likeness (QED) is 0.498. The molecule has 1 aliphatic rings. The summed E-state index contributed by atoms with van der Waals surface area (Å²) in [5, 5.41) is 11.1. The Morgan fingerprint density at radius 1 is 1.12 bits per heavy atom. The van der Waals surface area contributed by atoms with Crippen LogP contribution in [0.15, 0.2) is 42.5 Å². The third-order valence-corrected chi connectivity index (χ3v) is 4.02. The van der Waals surface area contributed by atoms with Crippen molar-refractivity contribution in [3.8, 4) is 0 Å². The molecule has 8 heteroatoms. The second kappa shape index (κ2) is 6.40. The molecule has 0 aromatic heterocycles. The molecule has 1 unspecified atom stereocenters. The van der Waals surface area contributed by atoms with Gasteiger partial charge in [0.25, 0.3) is 17.5 Å². The van der Waals surface area contributed by atoms with Gasteiger partial charge in [-0.1, -0.05) is 18.2 Å². The van der Waals surface area contributed by atoms with Crippen LogP contribution < -0.4 is 4.90 Å². The average molecular weight is 344 g/mol. The lowest BCUT2D eigenvalue weighted by Gasteiger charge is -2.20. The number of carbonyl (C=O) groups excluding carboxylic acids is 2. The number of benzene rings is 2. The number of hydrogen-bond donors (Lipinski definition) is 1. The predicted octanol–water partition coefficient (Wildman–Crippen LogP) is 1.00. The van der Waals surface area contributed by atoms with Gasteiger partial charge in [-0.3, -0.25) is 19.7 Å². The summed E-state index contributed by atoms with van der Waals surface area (Å²) in [5.41, 5.74) is 0.372. The van der Waals surface area contributed by atoms with E-state index >= 15 is 0 Å². The highest BCUT2D eigenvalue weighted by atomic mass is 19.1. The van der Waals surface area contributed by atoms with Crippen molar-refractivity contribution in [2.75, 3.05) is 13.7 Å². The van der Waals surface area contributed by atoms with Crippen LogP contribution in [-0.4, -0.2) is 35.4 Å². The van der Waals surface area contributed by atoms with E-state index in [1.165, 1.54) is 30.3 Å². The van der Waals surface area contributed by atoms with Crippen LogP contribution in [0.3, 0.4) is 0 Å². The summed E-state index contributed by atoms with van der Waals surface area (Å²) < 4.78 is 12.9. The number of nitrogens with one attached hydrogen (secondary N) is 1. The molecule has 0 fully saturated rings. The van der Waals surface area contributed by atoms with E-state index in [2.05, 4.69) is 0 Å². The number of carbonyl (C=O) groups is 2. The molecule has 1 N–H and O–H groups in total. The summed E-state index contributed by atoms with van der Waals surface area (Å²) >= 11 is 0. The van der Waals surface area contributed by atoms with Crippen LogP contribution in [-0.2, 0) is 6.54 Å². The van der Waals surface area contributed by atoms with Gasteiger partial charge in [0.1, 0.15) is 17.9 Å². The number of nitro benzene ring substituents is 1. The minimum Gasteiger partial charge on any atom is -0.316 e. The topological polar surface area (TPSA) is 85.0 Å². The first kappa shape index (κ1) is 16.7. The second-order valence-electron chi connectivity index (χ2n) is 5.91. The first-order valence-corrected chi connectivity index (χ1v) is 7.58. The third kappa shape index (κ3) is 3.11. The third-order valence-electron chi connectivity index (χ3n) is 4.02. The van der Waals surface area contributed by atoms with E-state index in [-0.39, 0.29) is 29.3 Å². The molecule has 2 aromatic carbocycles. The van der Waals surface area contributed by atoms with E-state index < -0.39 is 16.7 Å². The first-order chi connectivity index (χ1) is 11.9. The maximum absolute atomic E-state index is 12.9. The van der Waals surface area contributed by atoms with Gasteiger partial charge in [0.05, 0.1) is 17.5 Å². The van der Waals surface area contributed by atoms with Crippen LogP contribution in [0, 0.1) is 15.9 Å². The van der Waals surface area contributed by atoms with E-state index in [1.807, 2.05) is 0 Å². The summed E-state index contributed by atoms with van der Waals surface area (Å²) in [5.74, 6) is -1.54. The lowest BCUT2D eigenvalue weighted by Crippen LogP contribution is -3.09. The zero-order valence-corrected chi connectivity index (χ0v) is 13.4. The van der Waals surface area contributed by atoms with Crippen molar-refractivity contribution in [1.82, 2.24) is 4.90 Å². The van der Waals surface area contributed by atoms with Crippen molar-refractivity contribution in [2.45, 2.75) is 6.54 Å². The fourth-order valence-corrected chi connectivity index (χ4v) is 2.89. The van der Waals surface area contributed by atoms with Crippen LogP contribution in [0.4, 0.5) is 10.1 Å². The van der Waals surface area contributed by atoms with Crippen molar-refractivity contribution in [2.24, 2.45) is 0 Å². The number of halogens is 1. The van der Waals surface area contributed by atoms with Gasteiger partial charge in [0.2, 0.25) is 0 Å². The molecule has 0 saturated heterocycles. The molecule has 7 nitrogen and oxygen atoms in total. The van der Waals surface area contributed by atoms with Crippen molar-refractivity contribution in [3.05, 3.63) is 75.1 Å². The van der Waals surface area contributed by atoms with Crippen LogP contribution in [0.2, 0.25) is 0 Å². The molecular weight excluding hydrogens is 329 g/mol. The van der Waals surface area contributed by atoms with Crippen molar-refractivity contribution in [3.63, 3.8) is 0 Å². The molecular formula is C17H15FN3O4+. The van der Waals surface area contributed by atoms with Gasteiger partial charge in [-0.25, -0.2) is 9.29 Å². The zero-order valence-electron chi connectivity index (χ0n) is 13.4. The Balaban J connectivity index is 1.79. The monoisotopic (exact) mass is 344 g/mol. The summed E-state index contributed by atoms with van der Waals surface area (Å²) in [6.45, 7) is 0.524. The number of amides is 2. The van der Waals surface area contributed by atoms with Crippen molar-refractivity contribution in [1.29, 1.82) is 0 Å². The van der Waals surface area contributed by atoms with Crippen molar-refractivity contribution < 1.29 is 23.8 Å². The molecule has 2 amide bonds. The SMILES string of the molecule is C[NH+](Cc1ccc(F)cc1)CN1C(=O)c2cccc([N+](=O)[O-])c2C1=O. The lowest BCUT2D eigenvalue weighted by atomic mass is 10.1. The van der Waals surface area contributed by atoms with E-state index in [0.29, 0.717) is 6.54 Å². The van der Waals surface area contributed by atoms with E-state index in [4.69, 9.17) is 0 Å². The van der Waals surface area contributed by atoms with Gasteiger partial charge in [-0.05, 0) is 18.2 Å². The number of nitrogens with zero attached hydrogens (tertiary/aromatic N) is 2. The highest BCUT2D eigenvalue weighted by molar-refractivity contribution is 6.23. The summed E-state index contributed by atoms with van der Waals surface area (Å²) in [4.78, 5) is 37.2. The Hall–Kier alpha value is -3.13. The standard InChI is InChI=1S/C17H14FN3O4/c1-19(9-11-5-7-12(18)8-6-11)10-20-16(22)13-3-2-4-14(21(24)25)15(13)17(20)23/h2-8H,9-10H2,1H3/p+1. The number of hydrogen-bond acceptors (Lipinski definition) is 4. The molecule has 1 atom stereocenters. The fraction of sp³-hybridized carbons (Fsp3) is 0.176. The molecule has 0 spiro atoms. The Morgan fingerprint density at radius 2 is 1.80 bits per heavy atom. The van der Waals surface area contributed by atoms with Crippen LogP contribution in [0.5, 0.6) is 0 Å². The molecule has 1 heterocycles. The smallest absolute Gasteiger partial charge is 0.282 e. The molecule has 2 aromatic rings. The van der Waals surface area contributed by atoms with Gasteiger partial charge in [-0.2, -0.15) is 0 Å². The molecule has 0 saturated carbocycles. The largest absolute Gasteiger partial charge is 0.316 e. The van der Waals surface area contributed by atoms with Crippen LogP contribution >= 0.6 is 0 Å². The average Bonchev–Trinajstić information content (AvgIpc) is 2.82. The van der Waals surface area contributed by atoms with Gasteiger partial charge >= 0.3 is 0 Å². The van der Waals surface area contributed by atoms with Crippen molar-refractivity contribution >= 4 is 17.5 Å². The molecule has 25 heavy (non-hydrogen) atoms. The Kier molecular flexibility index (Phi) is 4.28. The molecule has 0 aliphatic carbocycles. The second-order valence-corrected chi connectivity index (χ2v) is 5.91. The number of nitro groups is 1. The Bertz CT molecular complexity index is 867. The fourth-order valence-electron chi connectivity index (χ4n) is 2.89. The van der Waals surface area contributed by atoms with E-state index in [0.717, 1.165) is 15.4 Å². The Labute approximate surface area is 142 Å². The van der Waals surface area contributed by atoms with E-state index in [1.54, 1.807) is 19.2 Å². The van der Waals surface area contributed by atoms with Crippen LogP contribution in [0.1, 0.15) is 26.3 Å². The predicted molar refractivity (Wildman–Crippen MR) is 85.5 cm³/mol. The lowest BCUT2D eigenvalue weighted by molar-refractivity contribution is -0.901. The molecule has 128 valence electrons. The normalized spacial score (nSPS) is 14.6. The number of quaternary nitrogens is 1. The van der Waals surface area contributed by atoms with Gasteiger partial charge in [-0.15, -0.1) is 0 Å².